The van der Waals surface area contributed by atoms with Gasteiger partial charge in [-0.2, -0.15) is 0 Å². The first-order chi connectivity index (χ1) is 9.45. The van der Waals surface area contributed by atoms with Crippen molar-refractivity contribution in [3.8, 4) is 0 Å². The third kappa shape index (κ3) is 4.97. The fourth-order valence-corrected chi connectivity index (χ4v) is 2.10. The molecule has 0 radical (unpaired) electrons. The van der Waals surface area contributed by atoms with Crippen LogP contribution >= 0.6 is 22.6 Å². The van der Waals surface area contributed by atoms with E-state index >= 15 is 0 Å². The van der Waals surface area contributed by atoms with Crippen LogP contribution in [0.4, 0.5) is 10.5 Å². The summed E-state index contributed by atoms with van der Waals surface area (Å²) in [6, 6.07) is 4.57. The van der Waals surface area contributed by atoms with Crippen molar-refractivity contribution in [2.24, 2.45) is 0 Å². The van der Waals surface area contributed by atoms with E-state index in [1.807, 2.05) is 29.6 Å². The highest BCUT2D eigenvalue weighted by atomic mass is 127. The van der Waals surface area contributed by atoms with Crippen molar-refractivity contribution in [1.82, 2.24) is 10.2 Å². The van der Waals surface area contributed by atoms with E-state index < -0.39 is 5.97 Å². The lowest BCUT2D eigenvalue weighted by molar-refractivity contribution is 0.0698. The molecule has 7 heteroatoms. The highest BCUT2D eigenvalue weighted by Gasteiger charge is 2.15. The molecule has 0 aromatic heterocycles. The van der Waals surface area contributed by atoms with Crippen LogP contribution in [-0.4, -0.2) is 49.2 Å². The Kier molecular flexibility index (Phi) is 6.73. The maximum Gasteiger partial charge on any atom is 0.337 e. The Hall–Kier alpha value is -1.35. The highest BCUT2D eigenvalue weighted by molar-refractivity contribution is 14.1. The van der Waals surface area contributed by atoms with Gasteiger partial charge in [0.2, 0.25) is 0 Å². The van der Waals surface area contributed by atoms with Crippen LogP contribution in [0.5, 0.6) is 0 Å². The predicted molar refractivity (Wildman–Crippen MR) is 86.3 cm³/mol. The van der Waals surface area contributed by atoms with Crippen molar-refractivity contribution in [3.05, 3.63) is 27.3 Å². The molecule has 0 aliphatic rings. The largest absolute Gasteiger partial charge is 0.478 e. The average Bonchev–Trinajstić information content (AvgIpc) is 2.40. The molecule has 0 unspecified atom stereocenters. The Morgan fingerprint density at radius 3 is 2.70 bits per heavy atom. The van der Waals surface area contributed by atoms with Crippen LogP contribution in [-0.2, 0) is 0 Å². The minimum absolute atomic E-state index is 0.0916. The van der Waals surface area contributed by atoms with Gasteiger partial charge in [-0.05, 0) is 60.8 Å². The van der Waals surface area contributed by atoms with E-state index in [0.29, 0.717) is 12.2 Å². The van der Waals surface area contributed by atoms with Crippen LogP contribution in [0.15, 0.2) is 18.2 Å². The summed E-state index contributed by atoms with van der Waals surface area (Å²) < 4.78 is 0.806. The number of urea groups is 1. The number of aromatic carboxylic acids is 1. The summed E-state index contributed by atoms with van der Waals surface area (Å²) >= 11 is 2.03. The molecule has 0 heterocycles. The minimum atomic E-state index is -1.06. The highest BCUT2D eigenvalue weighted by Crippen LogP contribution is 2.19. The standard InChI is InChI=1S/C13H18IN3O3/c1-15-6-3-7-17(2)13(20)16-11-5-4-9(14)8-10(11)12(18)19/h4-5,8,15H,3,6-7H2,1-2H3,(H,16,20)(H,18,19). The van der Waals surface area contributed by atoms with Gasteiger partial charge in [-0.3, -0.25) is 0 Å². The molecule has 0 fully saturated rings. The third-order valence-electron chi connectivity index (χ3n) is 2.72. The summed E-state index contributed by atoms with van der Waals surface area (Å²) in [5.41, 5.74) is 0.400. The molecule has 0 saturated heterocycles. The van der Waals surface area contributed by atoms with Gasteiger partial charge >= 0.3 is 12.0 Å². The Labute approximate surface area is 131 Å². The van der Waals surface area contributed by atoms with Crippen molar-refractivity contribution in [1.29, 1.82) is 0 Å². The SMILES string of the molecule is CNCCCN(C)C(=O)Nc1ccc(I)cc1C(=O)O. The van der Waals surface area contributed by atoms with Gasteiger partial charge in [-0.25, -0.2) is 9.59 Å². The normalized spacial score (nSPS) is 10.2. The number of rotatable bonds is 6. The van der Waals surface area contributed by atoms with E-state index in [4.69, 9.17) is 5.11 Å². The topological polar surface area (TPSA) is 81.7 Å². The fraction of sp³-hybridized carbons (Fsp3) is 0.385. The van der Waals surface area contributed by atoms with Gasteiger partial charge in [0.05, 0.1) is 11.3 Å². The Morgan fingerprint density at radius 1 is 1.40 bits per heavy atom. The van der Waals surface area contributed by atoms with Crippen molar-refractivity contribution < 1.29 is 14.7 Å². The van der Waals surface area contributed by atoms with Crippen molar-refractivity contribution in [2.75, 3.05) is 32.5 Å². The monoisotopic (exact) mass is 391 g/mol. The number of amides is 2. The van der Waals surface area contributed by atoms with Crippen molar-refractivity contribution in [2.45, 2.75) is 6.42 Å². The molecular weight excluding hydrogens is 373 g/mol. The van der Waals surface area contributed by atoms with Gasteiger partial charge in [0.25, 0.3) is 0 Å². The molecule has 20 heavy (non-hydrogen) atoms. The molecule has 110 valence electrons. The molecular formula is C13H18IN3O3. The summed E-state index contributed by atoms with van der Waals surface area (Å²) in [7, 11) is 3.53. The van der Waals surface area contributed by atoms with E-state index in [1.165, 1.54) is 11.0 Å². The number of halogens is 1. The zero-order valence-electron chi connectivity index (χ0n) is 11.4. The fourth-order valence-electron chi connectivity index (χ4n) is 1.61. The lowest BCUT2D eigenvalue weighted by Crippen LogP contribution is -2.33. The quantitative estimate of drug-likeness (QED) is 0.512. The maximum absolute atomic E-state index is 12.0. The zero-order chi connectivity index (χ0) is 15.1. The second-order valence-electron chi connectivity index (χ2n) is 4.30. The predicted octanol–water partition coefficient (Wildman–Crippen LogP) is 2.06. The number of carboxylic acid groups (broad SMARTS) is 1. The van der Waals surface area contributed by atoms with Crippen molar-refractivity contribution in [3.63, 3.8) is 0 Å². The summed E-state index contributed by atoms with van der Waals surface area (Å²) in [5.74, 6) is -1.06. The molecule has 0 aliphatic carbocycles. The zero-order valence-corrected chi connectivity index (χ0v) is 13.6. The Morgan fingerprint density at radius 2 is 2.10 bits per heavy atom. The number of anilines is 1. The number of nitrogens with one attached hydrogen (secondary N) is 2. The first-order valence-corrected chi connectivity index (χ1v) is 7.23. The molecule has 2 amide bonds. The number of carbonyl (C=O) groups is 2. The lowest BCUT2D eigenvalue weighted by Gasteiger charge is -2.18. The third-order valence-corrected chi connectivity index (χ3v) is 3.39. The molecule has 0 spiro atoms. The number of hydrogen-bond donors (Lipinski definition) is 3. The number of benzene rings is 1. The summed E-state index contributed by atoms with van der Waals surface area (Å²) in [6.45, 7) is 1.42. The van der Waals surface area contributed by atoms with Crippen molar-refractivity contribution >= 4 is 40.3 Å². The second-order valence-corrected chi connectivity index (χ2v) is 5.55. The smallest absolute Gasteiger partial charge is 0.337 e. The van der Waals surface area contributed by atoms with Crippen LogP contribution in [0.2, 0.25) is 0 Å². The van der Waals surface area contributed by atoms with Gasteiger partial charge in [0, 0.05) is 17.2 Å². The molecule has 6 nitrogen and oxygen atoms in total. The average molecular weight is 391 g/mol. The molecule has 1 aromatic carbocycles. The number of hydrogen-bond acceptors (Lipinski definition) is 3. The molecule has 1 aromatic rings. The van der Waals surface area contributed by atoms with Crippen LogP contribution in [0.25, 0.3) is 0 Å². The van der Waals surface area contributed by atoms with Gasteiger partial charge in [0.1, 0.15) is 0 Å². The van der Waals surface area contributed by atoms with Crippen LogP contribution < -0.4 is 10.6 Å². The first-order valence-electron chi connectivity index (χ1n) is 6.15. The number of carboxylic acids is 1. The van der Waals surface area contributed by atoms with Gasteiger partial charge in [-0.1, -0.05) is 0 Å². The van der Waals surface area contributed by atoms with E-state index in [0.717, 1.165) is 16.5 Å². The number of carbonyl (C=O) groups excluding carboxylic acids is 1. The molecule has 3 N–H and O–H groups in total. The molecule has 0 bridgehead atoms. The molecule has 0 saturated carbocycles. The van der Waals surface area contributed by atoms with E-state index in [2.05, 4.69) is 10.6 Å². The van der Waals surface area contributed by atoms with Crippen LogP contribution in [0.3, 0.4) is 0 Å². The second kappa shape index (κ2) is 8.05. The maximum atomic E-state index is 12.0. The lowest BCUT2D eigenvalue weighted by atomic mass is 10.2. The summed E-state index contributed by atoms with van der Waals surface area (Å²) in [6.07, 6.45) is 0.832. The molecule has 1 rings (SSSR count). The van der Waals surface area contributed by atoms with Gasteiger partial charge in [0.15, 0.2) is 0 Å². The molecule has 0 aliphatic heterocycles. The minimum Gasteiger partial charge on any atom is -0.478 e. The van der Waals surface area contributed by atoms with E-state index in [-0.39, 0.29) is 11.6 Å². The van der Waals surface area contributed by atoms with Gasteiger partial charge < -0.3 is 20.6 Å². The summed E-state index contributed by atoms with van der Waals surface area (Å²) in [4.78, 5) is 24.7. The van der Waals surface area contributed by atoms with Crippen LogP contribution in [0, 0.1) is 3.57 Å². The summed E-state index contributed by atoms with van der Waals surface area (Å²) in [5, 5.41) is 14.8. The Balaban J connectivity index is 2.72. The van der Waals surface area contributed by atoms with Crippen LogP contribution in [0.1, 0.15) is 16.8 Å². The van der Waals surface area contributed by atoms with E-state index in [1.54, 1.807) is 19.2 Å². The number of nitrogens with zero attached hydrogens (tertiary/aromatic N) is 1. The Bertz CT molecular complexity index is 494. The molecule has 0 atom stereocenters. The first kappa shape index (κ1) is 16.7. The van der Waals surface area contributed by atoms with Gasteiger partial charge in [-0.15, -0.1) is 0 Å². The van der Waals surface area contributed by atoms with E-state index in [9.17, 15) is 9.59 Å².